The fourth-order valence-corrected chi connectivity index (χ4v) is 7.80. The van der Waals surface area contributed by atoms with Crippen molar-refractivity contribution in [2.75, 3.05) is 0 Å². The van der Waals surface area contributed by atoms with Crippen molar-refractivity contribution < 1.29 is 15.3 Å². The van der Waals surface area contributed by atoms with Crippen LogP contribution in [-0.4, -0.2) is 27.0 Å². The summed E-state index contributed by atoms with van der Waals surface area (Å²) in [7, 11) is 0. The van der Waals surface area contributed by atoms with Crippen molar-refractivity contribution in [2.45, 2.75) is 82.5 Å². The van der Waals surface area contributed by atoms with Gasteiger partial charge < -0.3 is 15.3 Å². The maximum atomic E-state index is 12.2. The van der Waals surface area contributed by atoms with E-state index in [-0.39, 0.29) is 17.4 Å². The Labute approximate surface area is 168 Å². The quantitative estimate of drug-likeness (QED) is 0.634. The summed E-state index contributed by atoms with van der Waals surface area (Å²) in [6, 6.07) is 10.0. The topological polar surface area (TPSA) is 60.7 Å². The highest BCUT2D eigenvalue weighted by Gasteiger charge is 2.71. The second-order valence-electron chi connectivity index (χ2n) is 10.5. The standard InChI is InChI=1S/C25H34O3/c1-22-12-10-19(26)16-18(22)8-9-21-20(22)11-13-23(2)24(27,14-15-25(21,23)28)17-6-4-3-5-7-17/h3-8,19-21,26-28H,9-16H2,1-2H3/t19-,20-,21+,22-,23+,24-,25-/m0/s1. The van der Waals surface area contributed by atoms with E-state index in [1.165, 1.54) is 5.57 Å². The fraction of sp³-hybridized carbons (Fsp3) is 0.680. The molecule has 4 aliphatic carbocycles. The largest absolute Gasteiger partial charge is 0.393 e. The number of benzene rings is 1. The van der Waals surface area contributed by atoms with Crippen molar-refractivity contribution in [1.29, 1.82) is 0 Å². The average Bonchev–Trinajstić information content (AvgIpc) is 2.91. The van der Waals surface area contributed by atoms with E-state index in [4.69, 9.17) is 0 Å². The van der Waals surface area contributed by atoms with E-state index in [2.05, 4.69) is 19.9 Å². The maximum Gasteiger partial charge on any atom is 0.0978 e. The Morgan fingerprint density at radius 3 is 2.39 bits per heavy atom. The highest BCUT2D eigenvalue weighted by atomic mass is 16.3. The molecule has 0 bridgehead atoms. The predicted molar refractivity (Wildman–Crippen MR) is 110 cm³/mol. The molecule has 0 unspecified atom stereocenters. The number of fused-ring (bicyclic) bond motifs is 5. The van der Waals surface area contributed by atoms with Crippen molar-refractivity contribution >= 4 is 0 Å². The molecule has 1 aromatic carbocycles. The van der Waals surface area contributed by atoms with E-state index in [1.54, 1.807) is 0 Å². The molecule has 3 fully saturated rings. The molecule has 0 heterocycles. The zero-order valence-corrected chi connectivity index (χ0v) is 17.2. The van der Waals surface area contributed by atoms with Crippen LogP contribution in [0.15, 0.2) is 42.0 Å². The summed E-state index contributed by atoms with van der Waals surface area (Å²) >= 11 is 0. The smallest absolute Gasteiger partial charge is 0.0978 e. The lowest BCUT2D eigenvalue weighted by Crippen LogP contribution is -2.63. The molecule has 152 valence electrons. The maximum absolute atomic E-state index is 12.2. The van der Waals surface area contributed by atoms with Crippen LogP contribution in [0.25, 0.3) is 0 Å². The zero-order chi connectivity index (χ0) is 19.8. The molecule has 1 aromatic rings. The van der Waals surface area contributed by atoms with Gasteiger partial charge in [0, 0.05) is 5.41 Å². The minimum absolute atomic E-state index is 0.0899. The third kappa shape index (κ3) is 2.16. The molecule has 0 aromatic heterocycles. The lowest BCUT2D eigenvalue weighted by Gasteiger charge is -2.62. The van der Waals surface area contributed by atoms with Gasteiger partial charge in [0.1, 0.15) is 0 Å². The van der Waals surface area contributed by atoms with Crippen molar-refractivity contribution in [2.24, 2.45) is 22.7 Å². The Balaban J connectivity index is 1.56. The summed E-state index contributed by atoms with van der Waals surface area (Å²) in [6.45, 7) is 4.50. The van der Waals surface area contributed by atoms with Gasteiger partial charge in [-0.15, -0.1) is 0 Å². The van der Waals surface area contributed by atoms with Crippen LogP contribution in [-0.2, 0) is 5.60 Å². The van der Waals surface area contributed by atoms with Crippen LogP contribution in [0.3, 0.4) is 0 Å². The second-order valence-corrected chi connectivity index (χ2v) is 10.5. The first-order chi connectivity index (χ1) is 13.2. The van der Waals surface area contributed by atoms with Crippen LogP contribution in [0.1, 0.15) is 70.8 Å². The second kappa shape index (κ2) is 5.93. The molecule has 4 aliphatic rings. The molecule has 5 rings (SSSR count). The number of aliphatic hydroxyl groups is 3. The number of hydrogen-bond donors (Lipinski definition) is 3. The van der Waals surface area contributed by atoms with Crippen LogP contribution in [0, 0.1) is 22.7 Å². The molecule has 3 saturated carbocycles. The number of hydrogen-bond acceptors (Lipinski definition) is 3. The zero-order valence-electron chi connectivity index (χ0n) is 17.2. The summed E-state index contributed by atoms with van der Waals surface area (Å²) in [5, 5.41) is 34.2. The normalized spacial score (nSPS) is 50.3. The van der Waals surface area contributed by atoms with Gasteiger partial charge in [0.15, 0.2) is 0 Å². The predicted octanol–water partition coefficient (Wildman–Crippen LogP) is 4.31. The molecule has 3 heteroatoms. The van der Waals surface area contributed by atoms with E-state index in [0.717, 1.165) is 44.1 Å². The molecule has 0 amide bonds. The Hall–Kier alpha value is -1.16. The first-order valence-corrected chi connectivity index (χ1v) is 11.1. The highest BCUT2D eigenvalue weighted by molar-refractivity contribution is 5.34. The number of rotatable bonds is 1. The van der Waals surface area contributed by atoms with Crippen LogP contribution in [0.5, 0.6) is 0 Å². The summed E-state index contributed by atoms with van der Waals surface area (Å²) in [6.07, 6.45) is 8.84. The first kappa shape index (κ1) is 18.8. The van der Waals surface area contributed by atoms with E-state index >= 15 is 0 Å². The summed E-state index contributed by atoms with van der Waals surface area (Å²) < 4.78 is 0. The van der Waals surface area contributed by atoms with Crippen LogP contribution in [0.4, 0.5) is 0 Å². The fourth-order valence-electron chi connectivity index (χ4n) is 7.80. The molecule has 3 N–H and O–H groups in total. The van der Waals surface area contributed by atoms with Gasteiger partial charge in [-0.25, -0.2) is 0 Å². The van der Waals surface area contributed by atoms with Crippen LogP contribution in [0.2, 0.25) is 0 Å². The van der Waals surface area contributed by atoms with Gasteiger partial charge in [-0.2, -0.15) is 0 Å². The van der Waals surface area contributed by atoms with Crippen LogP contribution < -0.4 is 0 Å². The molecule has 3 nitrogen and oxygen atoms in total. The van der Waals surface area contributed by atoms with Crippen molar-refractivity contribution in [3.8, 4) is 0 Å². The van der Waals surface area contributed by atoms with E-state index in [1.807, 2.05) is 30.3 Å². The summed E-state index contributed by atoms with van der Waals surface area (Å²) in [5.74, 6) is 0.629. The number of aliphatic hydroxyl groups excluding tert-OH is 1. The van der Waals surface area contributed by atoms with E-state index in [0.29, 0.717) is 18.8 Å². The lowest BCUT2D eigenvalue weighted by atomic mass is 9.45. The molecule has 0 radical (unpaired) electrons. The van der Waals surface area contributed by atoms with Crippen molar-refractivity contribution in [3.05, 3.63) is 47.5 Å². The van der Waals surface area contributed by atoms with E-state index in [9.17, 15) is 15.3 Å². The van der Waals surface area contributed by atoms with Gasteiger partial charge in [0.25, 0.3) is 0 Å². The molecule has 0 aliphatic heterocycles. The minimum atomic E-state index is -0.971. The third-order valence-corrected chi connectivity index (χ3v) is 9.66. The van der Waals surface area contributed by atoms with Gasteiger partial charge in [-0.05, 0) is 74.2 Å². The van der Waals surface area contributed by atoms with Crippen LogP contribution >= 0.6 is 0 Å². The molecule has 0 saturated heterocycles. The van der Waals surface area contributed by atoms with Gasteiger partial charge in [-0.1, -0.05) is 55.8 Å². The molecule has 0 spiro atoms. The van der Waals surface area contributed by atoms with Crippen molar-refractivity contribution in [1.82, 2.24) is 0 Å². The minimum Gasteiger partial charge on any atom is -0.393 e. The van der Waals surface area contributed by atoms with Gasteiger partial charge >= 0.3 is 0 Å². The molecular weight excluding hydrogens is 348 g/mol. The monoisotopic (exact) mass is 382 g/mol. The SMILES string of the molecule is C[C@]12CC[C@H]3[C@@H](CC=C4C[C@@H](O)CC[C@@]43C)[C@@]1(O)CC[C@]2(O)c1ccccc1. The summed E-state index contributed by atoms with van der Waals surface area (Å²) in [5.41, 5.74) is 0.107. The first-order valence-electron chi connectivity index (χ1n) is 11.1. The Morgan fingerprint density at radius 2 is 1.64 bits per heavy atom. The lowest BCUT2D eigenvalue weighted by molar-refractivity contribution is -0.218. The van der Waals surface area contributed by atoms with Gasteiger partial charge in [0.05, 0.1) is 17.3 Å². The van der Waals surface area contributed by atoms with Crippen molar-refractivity contribution in [3.63, 3.8) is 0 Å². The Bertz CT molecular complexity index is 803. The van der Waals surface area contributed by atoms with Gasteiger partial charge in [-0.3, -0.25) is 0 Å². The average molecular weight is 383 g/mol. The highest BCUT2D eigenvalue weighted by Crippen LogP contribution is 2.70. The molecule has 7 atom stereocenters. The summed E-state index contributed by atoms with van der Waals surface area (Å²) in [4.78, 5) is 0. The molecular formula is C25H34O3. The Kier molecular flexibility index (Phi) is 3.99. The van der Waals surface area contributed by atoms with E-state index < -0.39 is 16.6 Å². The molecule has 28 heavy (non-hydrogen) atoms. The van der Waals surface area contributed by atoms with Gasteiger partial charge in [0.2, 0.25) is 0 Å². The Morgan fingerprint density at radius 1 is 0.893 bits per heavy atom. The number of allylic oxidation sites excluding steroid dienone is 1. The third-order valence-electron chi connectivity index (χ3n) is 9.66.